The van der Waals surface area contributed by atoms with Gasteiger partial charge in [-0.05, 0) is 23.8 Å². The van der Waals surface area contributed by atoms with Gasteiger partial charge in [-0.1, -0.05) is 35.9 Å². The van der Waals surface area contributed by atoms with E-state index in [9.17, 15) is 19.7 Å². The third-order valence-electron chi connectivity index (χ3n) is 3.81. The molecule has 1 N–H and O–H groups in total. The van der Waals surface area contributed by atoms with Crippen LogP contribution < -0.4 is 0 Å². The van der Waals surface area contributed by atoms with Gasteiger partial charge in [0.2, 0.25) is 5.78 Å². The lowest BCUT2D eigenvalue weighted by Crippen LogP contribution is -2.12. The molecule has 0 aliphatic rings. The van der Waals surface area contributed by atoms with Crippen LogP contribution in [0.5, 0.6) is 0 Å². The van der Waals surface area contributed by atoms with Gasteiger partial charge < -0.3 is 9.72 Å². The molecule has 0 saturated heterocycles. The number of para-hydroxylation sites is 1. The Bertz CT molecular complexity index is 1070. The van der Waals surface area contributed by atoms with E-state index in [1.807, 2.05) is 18.2 Å². The number of H-pyrrole nitrogens is 1. The summed E-state index contributed by atoms with van der Waals surface area (Å²) in [7, 11) is 0. The van der Waals surface area contributed by atoms with E-state index in [1.54, 1.807) is 12.3 Å². The average molecular weight is 385 g/mol. The van der Waals surface area contributed by atoms with Gasteiger partial charge in [-0.25, -0.2) is 4.79 Å². The van der Waals surface area contributed by atoms with E-state index in [0.717, 1.165) is 17.0 Å². The number of ether oxygens (including phenoxy) is 1. The lowest BCUT2D eigenvalue weighted by Gasteiger charge is -2.01. The molecule has 0 aliphatic heterocycles. The topological polar surface area (TPSA) is 102 Å². The Morgan fingerprint density at radius 3 is 2.78 bits per heavy atom. The Kier molecular flexibility index (Phi) is 5.33. The van der Waals surface area contributed by atoms with E-state index >= 15 is 0 Å². The van der Waals surface area contributed by atoms with Crippen molar-refractivity contribution < 1.29 is 19.2 Å². The number of nitro groups is 1. The minimum atomic E-state index is -0.735. The van der Waals surface area contributed by atoms with Crippen LogP contribution in [0.3, 0.4) is 0 Å². The number of halogens is 1. The molecule has 0 fully saturated rings. The van der Waals surface area contributed by atoms with Crippen LogP contribution in [-0.2, 0) is 9.53 Å². The number of hydrogen-bond donors (Lipinski definition) is 1. The van der Waals surface area contributed by atoms with Crippen molar-refractivity contribution in [1.29, 1.82) is 0 Å². The van der Waals surface area contributed by atoms with Crippen LogP contribution in [0.2, 0.25) is 5.02 Å². The van der Waals surface area contributed by atoms with E-state index in [0.29, 0.717) is 11.1 Å². The van der Waals surface area contributed by atoms with Gasteiger partial charge in [0.25, 0.3) is 5.69 Å². The summed E-state index contributed by atoms with van der Waals surface area (Å²) in [6.45, 7) is -0.411. The van der Waals surface area contributed by atoms with Gasteiger partial charge in [-0.3, -0.25) is 14.9 Å². The maximum Gasteiger partial charge on any atom is 0.331 e. The van der Waals surface area contributed by atoms with Crippen molar-refractivity contribution in [2.45, 2.75) is 0 Å². The molecule has 0 amide bonds. The molecule has 8 heteroatoms. The van der Waals surface area contributed by atoms with Crippen molar-refractivity contribution in [1.82, 2.24) is 4.98 Å². The van der Waals surface area contributed by atoms with Crippen LogP contribution in [0.25, 0.3) is 17.0 Å². The Labute approximate surface area is 158 Å². The van der Waals surface area contributed by atoms with E-state index in [-0.39, 0.29) is 16.5 Å². The van der Waals surface area contributed by atoms with Gasteiger partial charge in [0.05, 0.1) is 4.92 Å². The second kappa shape index (κ2) is 7.84. The number of rotatable bonds is 6. The zero-order chi connectivity index (χ0) is 19.4. The number of nitrogens with one attached hydrogen (secondary N) is 1. The van der Waals surface area contributed by atoms with E-state index in [1.165, 1.54) is 24.3 Å². The summed E-state index contributed by atoms with van der Waals surface area (Å²) >= 11 is 5.73. The van der Waals surface area contributed by atoms with Crippen molar-refractivity contribution in [3.8, 4) is 0 Å². The summed E-state index contributed by atoms with van der Waals surface area (Å²) in [4.78, 5) is 37.3. The van der Waals surface area contributed by atoms with Crippen LogP contribution >= 0.6 is 11.6 Å². The first-order valence-corrected chi connectivity index (χ1v) is 8.21. The minimum absolute atomic E-state index is 0.00375. The molecule has 1 heterocycles. The van der Waals surface area contributed by atoms with Crippen LogP contribution in [0.15, 0.2) is 54.7 Å². The molecule has 3 rings (SSSR count). The number of nitro benzene ring substituents is 1. The Hall–Kier alpha value is -3.45. The first-order valence-electron chi connectivity index (χ1n) is 7.84. The summed E-state index contributed by atoms with van der Waals surface area (Å²) < 4.78 is 4.95. The molecule has 0 spiro atoms. The lowest BCUT2D eigenvalue weighted by molar-refractivity contribution is -0.384. The number of esters is 1. The van der Waals surface area contributed by atoms with Crippen LogP contribution in [0.4, 0.5) is 5.69 Å². The van der Waals surface area contributed by atoms with Crippen molar-refractivity contribution >= 4 is 46.0 Å². The van der Waals surface area contributed by atoms with Crippen molar-refractivity contribution in [2.75, 3.05) is 6.61 Å². The number of nitrogens with zero attached hydrogens (tertiary/aromatic N) is 1. The van der Waals surface area contributed by atoms with Crippen molar-refractivity contribution in [2.24, 2.45) is 0 Å². The third kappa shape index (κ3) is 4.21. The third-order valence-corrected chi connectivity index (χ3v) is 4.13. The molecule has 0 bridgehead atoms. The van der Waals surface area contributed by atoms with Gasteiger partial charge in [-0.15, -0.1) is 0 Å². The number of carbonyl (C=O) groups is 2. The molecule has 0 unspecified atom stereocenters. The second-order valence-electron chi connectivity index (χ2n) is 5.58. The number of Topliss-reactive ketones (excluding diaryl/α,β-unsaturated/α-hetero) is 1. The summed E-state index contributed by atoms with van der Waals surface area (Å²) in [5.74, 6) is -1.07. The zero-order valence-corrected chi connectivity index (χ0v) is 14.6. The molecule has 0 radical (unpaired) electrons. The molecule has 136 valence electrons. The molecule has 1 aromatic heterocycles. The predicted octanol–water partition coefficient (Wildman–Crippen LogP) is 4.17. The number of aromatic amines is 1. The first kappa shape index (κ1) is 18.3. The van der Waals surface area contributed by atoms with Gasteiger partial charge in [0.15, 0.2) is 6.61 Å². The highest BCUT2D eigenvalue weighted by Crippen LogP contribution is 2.25. The Morgan fingerprint density at radius 2 is 2.00 bits per heavy atom. The number of ketones is 1. The highest BCUT2D eigenvalue weighted by Gasteiger charge is 2.14. The molecular weight excluding hydrogens is 372 g/mol. The molecule has 7 nitrogen and oxygen atoms in total. The number of aromatic nitrogens is 1. The molecule has 0 atom stereocenters. The number of hydrogen-bond acceptors (Lipinski definition) is 5. The van der Waals surface area contributed by atoms with Gasteiger partial charge in [0.1, 0.15) is 5.02 Å². The van der Waals surface area contributed by atoms with Gasteiger partial charge >= 0.3 is 5.97 Å². The van der Waals surface area contributed by atoms with E-state index < -0.39 is 17.5 Å². The number of carbonyl (C=O) groups excluding carboxylic acids is 2. The van der Waals surface area contributed by atoms with Crippen LogP contribution in [-0.4, -0.2) is 28.3 Å². The minimum Gasteiger partial charge on any atom is -0.454 e. The molecule has 0 aliphatic carbocycles. The summed E-state index contributed by atoms with van der Waals surface area (Å²) in [5, 5.41) is 11.6. The van der Waals surface area contributed by atoms with Crippen LogP contribution in [0.1, 0.15) is 15.9 Å². The normalized spacial score (nSPS) is 11.0. The van der Waals surface area contributed by atoms with Gasteiger partial charge in [-0.2, -0.15) is 0 Å². The standard InChI is InChI=1S/C19H13ClN2O5/c20-15-7-5-12(9-17(15)22(25)26)6-8-19(24)27-11-18(23)14-10-21-16-4-2-1-3-13(14)16/h1-10,21H,11H2. The van der Waals surface area contributed by atoms with Crippen LogP contribution in [0, 0.1) is 10.1 Å². The maximum atomic E-state index is 12.2. The van der Waals surface area contributed by atoms with Gasteiger partial charge in [0, 0.05) is 34.8 Å². The molecule has 2 aromatic carbocycles. The molecule has 3 aromatic rings. The Morgan fingerprint density at radius 1 is 1.22 bits per heavy atom. The summed E-state index contributed by atoms with van der Waals surface area (Å²) in [6, 6.07) is 11.4. The largest absolute Gasteiger partial charge is 0.454 e. The lowest BCUT2D eigenvalue weighted by atomic mass is 10.1. The SMILES string of the molecule is O=C(C=Cc1ccc(Cl)c([N+](=O)[O-])c1)OCC(=O)c1c[nH]c2ccccc12. The maximum absolute atomic E-state index is 12.2. The smallest absolute Gasteiger partial charge is 0.331 e. The fourth-order valence-electron chi connectivity index (χ4n) is 2.50. The fourth-order valence-corrected chi connectivity index (χ4v) is 2.69. The Balaban J connectivity index is 1.63. The summed E-state index contributed by atoms with van der Waals surface area (Å²) in [6.07, 6.45) is 4.01. The summed E-state index contributed by atoms with van der Waals surface area (Å²) in [5.41, 5.74) is 1.40. The molecule has 0 saturated carbocycles. The van der Waals surface area contributed by atoms with E-state index in [2.05, 4.69) is 4.98 Å². The molecular formula is C19H13ClN2O5. The highest BCUT2D eigenvalue weighted by molar-refractivity contribution is 6.32. The van der Waals surface area contributed by atoms with E-state index in [4.69, 9.17) is 16.3 Å². The fraction of sp³-hybridized carbons (Fsp3) is 0.0526. The highest BCUT2D eigenvalue weighted by atomic mass is 35.5. The number of fused-ring (bicyclic) bond motifs is 1. The zero-order valence-electron chi connectivity index (χ0n) is 13.8. The molecule has 27 heavy (non-hydrogen) atoms. The second-order valence-corrected chi connectivity index (χ2v) is 5.99. The number of benzene rings is 2. The average Bonchev–Trinajstić information content (AvgIpc) is 3.09. The first-order chi connectivity index (χ1) is 13.0. The quantitative estimate of drug-likeness (QED) is 0.226. The van der Waals surface area contributed by atoms with Crippen molar-refractivity contribution in [3.63, 3.8) is 0 Å². The van der Waals surface area contributed by atoms with Crippen molar-refractivity contribution in [3.05, 3.63) is 81.0 Å². The monoisotopic (exact) mass is 384 g/mol. The predicted molar refractivity (Wildman–Crippen MR) is 101 cm³/mol.